The zero-order valence-electron chi connectivity index (χ0n) is 18.7. The lowest BCUT2D eigenvalue weighted by atomic mass is 10.2. The summed E-state index contributed by atoms with van der Waals surface area (Å²) in [5.41, 5.74) is -0.700. The zero-order valence-corrected chi connectivity index (χ0v) is 18.7. The monoisotopic (exact) mass is 504 g/mol. The molecule has 190 valence electrons. The molecule has 15 heteroatoms. The number of aliphatic hydroxyl groups is 1. The molecule has 0 aliphatic heterocycles. The first-order chi connectivity index (χ1) is 16.4. The Bertz CT molecular complexity index is 1110. The van der Waals surface area contributed by atoms with Crippen molar-refractivity contribution in [3.63, 3.8) is 0 Å². The number of carbonyl (C=O) groups excluding carboxylic acids is 2. The number of anilines is 2. The van der Waals surface area contributed by atoms with Gasteiger partial charge in [0.2, 0.25) is 18.2 Å². The van der Waals surface area contributed by atoms with E-state index in [1.54, 1.807) is 13.8 Å². The van der Waals surface area contributed by atoms with E-state index in [2.05, 4.69) is 25.1 Å². The van der Waals surface area contributed by atoms with Gasteiger partial charge >= 0.3 is 6.18 Å². The summed E-state index contributed by atoms with van der Waals surface area (Å²) in [7, 11) is 1.14. The standard InChI is InChI=1S/C20H21F5N6O4/c1-4-31(10-33)15(8-32)29-30(3)17-13(21)6-12(19(28-17)35-9-20(23,24)25)18(34)27-14-5-11(2)7-26-16(14)22/h5-7,10,32H,4,8-9H2,1-3H3,(H,27,34)/b29-15-. The Kier molecular flexibility index (Phi) is 8.99. The van der Waals surface area contributed by atoms with E-state index in [9.17, 15) is 36.6 Å². The SMILES string of the molecule is CCN(C=O)/C(CO)=N\N(C)c1nc(OCC(F)(F)F)c(C(=O)Nc2cc(C)cnc2F)cc1F. The average molecular weight is 504 g/mol. The fourth-order valence-electron chi connectivity index (χ4n) is 2.66. The highest BCUT2D eigenvalue weighted by Crippen LogP contribution is 2.28. The molecule has 2 aromatic rings. The van der Waals surface area contributed by atoms with Crippen LogP contribution in [-0.4, -0.2) is 71.1 Å². The molecule has 0 saturated carbocycles. The highest BCUT2D eigenvalue weighted by atomic mass is 19.4. The van der Waals surface area contributed by atoms with Crippen LogP contribution in [-0.2, 0) is 4.79 Å². The van der Waals surface area contributed by atoms with Crippen molar-refractivity contribution < 1.29 is 41.4 Å². The van der Waals surface area contributed by atoms with Crippen LogP contribution < -0.4 is 15.1 Å². The Morgan fingerprint density at radius 1 is 1.31 bits per heavy atom. The summed E-state index contributed by atoms with van der Waals surface area (Å²) in [5.74, 6) is -5.33. The molecule has 0 unspecified atom stereocenters. The van der Waals surface area contributed by atoms with Gasteiger partial charge in [-0.05, 0) is 31.5 Å². The number of halogens is 5. The van der Waals surface area contributed by atoms with Gasteiger partial charge in [-0.3, -0.25) is 14.5 Å². The molecule has 2 amide bonds. The van der Waals surface area contributed by atoms with E-state index < -0.39 is 60.0 Å². The zero-order chi connectivity index (χ0) is 26.3. The average Bonchev–Trinajstić information content (AvgIpc) is 2.79. The Hall–Kier alpha value is -3.88. The first kappa shape index (κ1) is 27.4. The van der Waals surface area contributed by atoms with Crippen molar-refractivity contribution in [3.05, 3.63) is 41.2 Å². The second-order valence-electron chi connectivity index (χ2n) is 6.94. The van der Waals surface area contributed by atoms with Crippen molar-refractivity contribution >= 4 is 29.7 Å². The lowest BCUT2D eigenvalue weighted by molar-refractivity contribution is -0.154. The van der Waals surface area contributed by atoms with Crippen LogP contribution in [0.4, 0.5) is 33.5 Å². The number of carbonyl (C=O) groups is 2. The van der Waals surface area contributed by atoms with E-state index in [0.29, 0.717) is 18.0 Å². The minimum atomic E-state index is -4.82. The number of aliphatic hydroxyl groups excluding tert-OH is 1. The largest absolute Gasteiger partial charge is 0.467 e. The van der Waals surface area contributed by atoms with Crippen molar-refractivity contribution in [1.82, 2.24) is 14.9 Å². The van der Waals surface area contributed by atoms with Crippen LogP contribution in [0.1, 0.15) is 22.8 Å². The van der Waals surface area contributed by atoms with Crippen LogP contribution in [0.2, 0.25) is 0 Å². The van der Waals surface area contributed by atoms with E-state index in [4.69, 9.17) is 0 Å². The Morgan fingerprint density at radius 2 is 2.00 bits per heavy atom. The molecular formula is C20H21F5N6O4. The molecule has 2 rings (SSSR count). The Labute approximate surface area is 196 Å². The van der Waals surface area contributed by atoms with Gasteiger partial charge in [-0.15, -0.1) is 0 Å². The van der Waals surface area contributed by atoms with Crippen molar-refractivity contribution in [1.29, 1.82) is 0 Å². The summed E-state index contributed by atoms with van der Waals surface area (Å²) in [4.78, 5) is 31.8. The third-order valence-corrected chi connectivity index (χ3v) is 4.28. The summed E-state index contributed by atoms with van der Waals surface area (Å²) in [6.45, 7) is 0.636. The van der Waals surface area contributed by atoms with Crippen molar-refractivity contribution in [2.75, 3.05) is 37.1 Å². The molecule has 0 saturated heterocycles. The molecule has 0 radical (unpaired) electrons. The second-order valence-corrected chi connectivity index (χ2v) is 6.94. The highest BCUT2D eigenvalue weighted by Gasteiger charge is 2.31. The molecule has 0 bridgehead atoms. The van der Waals surface area contributed by atoms with Gasteiger partial charge in [0.15, 0.2) is 24.1 Å². The normalized spacial score (nSPS) is 11.7. The fraction of sp³-hybridized carbons (Fsp3) is 0.350. The van der Waals surface area contributed by atoms with E-state index in [-0.39, 0.29) is 12.4 Å². The Morgan fingerprint density at radius 3 is 2.57 bits per heavy atom. The molecule has 0 aromatic carbocycles. The summed E-state index contributed by atoms with van der Waals surface area (Å²) >= 11 is 0. The molecule has 0 spiro atoms. The summed E-state index contributed by atoms with van der Waals surface area (Å²) < 4.78 is 71.7. The van der Waals surface area contributed by atoms with Gasteiger partial charge in [0.1, 0.15) is 12.2 Å². The maximum Gasteiger partial charge on any atom is 0.422 e. The third-order valence-electron chi connectivity index (χ3n) is 4.28. The van der Waals surface area contributed by atoms with Crippen molar-refractivity contribution in [3.8, 4) is 5.88 Å². The minimum Gasteiger partial charge on any atom is -0.467 e. The number of nitrogens with one attached hydrogen (secondary N) is 1. The lowest BCUT2D eigenvalue weighted by Crippen LogP contribution is -2.34. The molecule has 0 fully saturated rings. The minimum absolute atomic E-state index is 0.107. The summed E-state index contributed by atoms with van der Waals surface area (Å²) in [5, 5.41) is 16.1. The predicted molar refractivity (Wildman–Crippen MR) is 114 cm³/mol. The molecule has 0 aliphatic carbocycles. The number of hydrogen-bond acceptors (Lipinski definition) is 8. The molecule has 10 nitrogen and oxygen atoms in total. The van der Waals surface area contributed by atoms with E-state index >= 15 is 0 Å². The van der Waals surface area contributed by atoms with Crippen LogP contribution in [0.25, 0.3) is 0 Å². The number of hydrazone groups is 1. The topological polar surface area (TPSA) is 120 Å². The number of amides is 2. The Balaban J connectivity index is 2.51. The molecule has 2 heterocycles. The third kappa shape index (κ3) is 7.30. The summed E-state index contributed by atoms with van der Waals surface area (Å²) in [6.07, 6.45) is -3.28. The van der Waals surface area contributed by atoms with Crippen LogP contribution >= 0.6 is 0 Å². The smallest absolute Gasteiger partial charge is 0.422 e. The molecular weight excluding hydrogens is 483 g/mol. The van der Waals surface area contributed by atoms with Gasteiger partial charge in [-0.1, -0.05) is 0 Å². The van der Waals surface area contributed by atoms with Gasteiger partial charge in [-0.25, -0.2) is 14.4 Å². The van der Waals surface area contributed by atoms with Crippen LogP contribution in [0.15, 0.2) is 23.4 Å². The number of nitrogens with zero attached hydrogens (tertiary/aromatic N) is 5. The second kappa shape index (κ2) is 11.5. The van der Waals surface area contributed by atoms with Gasteiger partial charge in [0.05, 0.1) is 5.69 Å². The van der Waals surface area contributed by atoms with Crippen molar-refractivity contribution in [2.45, 2.75) is 20.0 Å². The maximum absolute atomic E-state index is 14.9. The van der Waals surface area contributed by atoms with Crippen LogP contribution in [0, 0.1) is 18.7 Å². The molecule has 2 aromatic heterocycles. The van der Waals surface area contributed by atoms with Gasteiger partial charge in [-0.2, -0.15) is 27.6 Å². The lowest BCUT2D eigenvalue weighted by Gasteiger charge is -2.21. The van der Waals surface area contributed by atoms with Crippen LogP contribution in [0.5, 0.6) is 5.88 Å². The maximum atomic E-state index is 14.9. The number of pyridine rings is 2. The summed E-state index contributed by atoms with van der Waals surface area (Å²) in [6, 6.07) is 1.74. The number of rotatable bonds is 9. The highest BCUT2D eigenvalue weighted by molar-refractivity contribution is 6.06. The van der Waals surface area contributed by atoms with E-state index in [1.165, 1.54) is 12.3 Å². The number of aryl methyl sites for hydroxylation is 1. The first-order valence-corrected chi connectivity index (χ1v) is 9.87. The van der Waals surface area contributed by atoms with Gasteiger partial charge in [0.25, 0.3) is 5.91 Å². The van der Waals surface area contributed by atoms with E-state index in [0.717, 1.165) is 17.0 Å². The molecule has 2 N–H and O–H groups in total. The molecule has 0 aliphatic rings. The van der Waals surface area contributed by atoms with E-state index in [1.807, 2.05) is 0 Å². The fourth-order valence-corrected chi connectivity index (χ4v) is 2.66. The number of alkyl halides is 3. The number of likely N-dealkylation sites (N-methyl/N-ethyl adjacent to an activating group) is 1. The van der Waals surface area contributed by atoms with Crippen LogP contribution in [0.3, 0.4) is 0 Å². The number of ether oxygens (including phenoxy) is 1. The number of aromatic nitrogens is 2. The quantitative estimate of drug-likeness (QED) is 0.134. The van der Waals surface area contributed by atoms with Gasteiger partial charge < -0.3 is 15.2 Å². The number of amidine groups is 1. The number of hydrogen-bond donors (Lipinski definition) is 2. The van der Waals surface area contributed by atoms with Gasteiger partial charge in [0, 0.05) is 19.8 Å². The molecule has 35 heavy (non-hydrogen) atoms. The predicted octanol–water partition coefficient (Wildman–Crippen LogP) is 2.48. The molecule has 0 atom stereocenters. The first-order valence-electron chi connectivity index (χ1n) is 9.87. The van der Waals surface area contributed by atoms with Crippen molar-refractivity contribution in [2.24, 2.45) is 5.10 Å².